The minimum atomic E-state index is -0.491. The van der Waals surface area contributed by atoms with Crippen LogP contribution in [-0.2, 0) is 16.1 Å². The van der Waals surface area contributed by atoms with Gasteiger partial charge in [0.1, 0.15) is 16.7 Å². The summed E-state index contributed by atoms with van der Waals surface area (Å²) in [7, 11) is 1.34. The lowest BCUT2D eigenvalue weighted by Crippen LogP contribution is -2.48. The lowest BCUT2D eigenvalue weighted by atomic mass is 10.0. The highest BCUT2D eigenvalue weighted by molar-refractivity contribution is 7.09. The fourth-order valence-electron chi connectivity index (χ4n) is 2.21. The summed E-state index contributed by atoms with van der Waals surface area (Å²) in [5, 5.41) is 2.41. The Balaban J connectivity index is 2.17. The van der Waals surface area contributed by atoms with Crippen LogP contribution in [0.15, 0.2) is 5.38 Å². The Morgan fingerprint density at radius 1 is 1.58 bits per heavy atom. The van der Waals surface area contributed by atoms with Crippen molar-refractivity contribution in [3.05, 3.63) is 16.1 Å². The molecule has 1 aromatic heterocycles. The van der Waals surface area contributed by atoms with Gasteiger partial charge in [-0.15, -0.1) is 11.3 Å². The van der Waals surface area contributed by atoms with Crippen LogP contribution in [0.5, 0.6) is 0 Å². The van der Waals surface area contributed by atoms with E-state index in [0.29, 0.717) is 25.2 Å². The second-order valence-corrected chi connectivity index (χ2v) is 5.31. The number of carbonyl (C=O) groups is 2. The molecule has 19 heavy (non-hydrogen) atoms. The number of amides is 1. The SMILES string of the molecule is COC(=O)C1CCCCN1C(=O)c1csc(CN)n1. The number of hydrogen-bond acceptors (Lipinski definition) is 6. The molecule has 0 radical (unpaired) electrons. The molecule has 1 aromatic rings. The standard InChI is InChI=1S/C12H17N3O3S/c1-18-12(17)9-4-2-3-5-15(9)11(16)8-7-19-10(6-13)14-8/h7,9H,2-6,13H2,1H3. The summed E-state index contributed by atoms with van der Waals surface area (Å²) in [6.45, 7) is 0.881. The van der Waals surface area contributed by atoms with Gasteiger partial charge in [0.25, 0.3) is 5.91 Å². The molecule has 104 valence electrons. The first-order chi connectivity index (χ1) is 9.17. The molecule has 1 saturated heterocycles. The van der Waals surface area contributed by atoms with Crippen molar-refractivity contribution in [2.45, 2.75) is 31.8 Å². The zero-order chi connectivity index (χ0) is 13.8. The molecule has 0 spiro atoms. The molecule has 0 saturated carbocycles. The topological polar surface area (TPSA) is 85.5 Å². The largest absolute Gasteiger partial charge is 0.467 e. The van der Waals surface area contributed by atoms with Crippen LogP contribution in [0.4, 0.5) is 0 Å². The van der Waals surface area contributed by atoms with E-state index in [9.17, 15) is 9.59 Å². The van der Waals surface area contributed by atoms with Crippen LogP contribution < -0.4 is 5.73 Å². The summed E-state index contributed by atoms with van der Waals surface area (Å²) >= 11 is 1.36. The van der Waals surface area contributed by atoms with Crippen LogP contribution in [0.1, 0.15) is 34.8 Å². The van der Waals surface area contributed by atoms with Gasteiger partial charge in [-0.1, -0.05) is 0 Å². The van der Waals surface area contributed by atoms with Gasteiger partial charge in [-0.05, 0) is 19.3 Å². The summed E-state index contributed by atoms with van der Waals surface area (Å²) < 4.78 is 4.76. The van der Waals surface area contributed by atoms with Crippen molar-refractivity contribution in [1.82, 2.24) is 9.88 Å². The molecular formula is C12H17N3O3S. The maximum absolute atomic E-state index is 12.4. The minimum Gasteiger partial charge on any atom is -0.467 e. The average molecular weight is 283 g/mol. The maximum atomic E-state index is 12.4. The molecule has 0 aliphatic carbocycles. The number of likely N-dealkylation sites (tertiary alicyclic amines) is 1. The van der Waals surface area contributed by atoms with Crippen LogP contribution in [0, 0.1) is 0 Å². The number of piperidine rings is 1. The first-order valence-electron chi connectivity index (χ1n) is 6.20. The molecular weight excluding hydrogens is 266 g/mol. The number of carbonyl (C=O) groups excluding carboxylic acids is 2. The molecule has 1 amide bonds. The first kappa shape index (κ1) is 14.0. The Bertz CT molecular complexity index is 475. The van der Waals surface area contributed by atoms with Crippen LogP contribution >= 0.6 is 11.3 Å². The van der Waals surface area contributed by atoms with E-state index in [0.717, 1.165) is 17.8 Å². The van der Waals surface area contributed by atoms with Gasteiger partial charge in [0.2, 0.25) is 0 Å². The Morgan fingerprint density at radius 2 is 2.37 bits per heavy atom. The second kappa shape index (κ2) is 6.12. The van der Waals surface area contributed by atoms with E-state index < -0.39 is 6.04 Å². The number of rotatable bonds is 3. The third kappa shape index (κ3) is 2.93. The van der Waals surface area contributed by atoms with Gasteiger partial charge in [0.05, 0.1) is 7.11 Å². The normalized spacial score (nSPS) is 19.3. The fourth-order valence-corrected chi connectivity index (χ4v) is 2.85. The van der Waals surface area contributed by atoms with Crippen molar-refractivity contribution in [1.29, 1.82) is 0 Å². The minimum absolute atomic E-state index is 0.217. The summed E-state index contributed by atoms with van der Waals surface area (Å²) in [4.78, 5) is 29.8. The van der Waals surface area contributed by atoms with Gasteiger partial charge >= 0.3 is 5.97 Å². The molecule has 2 rings (SSSR count). The van der Waals surface area contributed by atoms with Gasteiger partial charge in [0.15, 0.2) is 0 Å². The first-order valence-corrected chi connectivity index (χ1v) is 7.08. The Kier molecular flexibility index (Phi) is 4.49. The maximum Gasteiger partial charge on any atom is 0.328 e. The Labute approximate surface area is 115 Å². The van der Waals surface area contributed by atoms with Gasteiger partial charge < -0.3 is 15.4 Å². The monoisotopic (exact) mass is 283 g/mol. The molecule has 1 aliphatic rings. The molecule has 1 aliphatic heterocycles. The average Bonchev–Trinajstić information content (AvgIpc) is 2.94. The van der Waals surface area contributed by atoms with Gasteiger partial charge in [-0.3, -0.25) is 4.79 Å². The van der Waals surface area contributed by atoms with E-state index in [1.807, 2.05) is 0 Å². The van der Waals surface area contributed by atoms with E-state index >= 15 is 0 Å². The molecule has 0 bridgehead atoms. The Hall–Kier alpha value is -1.47. The van der Waals surface area contributed by atoms with Crippen LogP contribution in [0.2, 0.25) is 0 Å². The molecule has 6 nitrogen and oxygen atoms in total. The fraction of sp³-hybridized carbons (Fsp3) is 0.583. The van der Waals surface area contributed by atoms with E-state index in [-0.39, 0.29) is 11.9 Å². The van der Waals surface area contributed by atoms with Gasteiger partial charge in [-0.25, -0.2) is 9.78 Å². The van der Waals surface area contributed by atoms with Crippen LogP contribution in [-0.4, -0.2) is 41.5 Å². The highest BCUT2D eigenvalue weighted by atomic mass is 32.1. The predicted octanol–water partition coefficient (Wildman–Crippen LogP) is 0.769. The molecule has 7 heteroatoms. The summed E-state index contributed by atoms with van der Waals surface area (Å²) in [6, 6.07) is -0.491. The lowest BCUT2D eigenvalue weighted by molar-refractivity contribution is -0.147. The zero-order valence-electron chi connectivity index (χ0n) is 10.8. The highest BCUT2D eigenvalue weighted by Gasteiger charge is 2.34. The van der Waals surface area contributed by atoms with Crippen molar-refractivity contribution in [3.63, 3.8) is 0 Å². The van der Waals surface area contributed by atoms with Crippen LogP contribution in [0.25, 0.3) is 0 Å². The molecule has 2 heterocycles. The molecule has 1 fully saturated rings. The number of aromatic nitrogens is 1. The zero-order valence-corrected chi connectivity index (χ0v) is 11.6. The number of hydrogen-bond donors (Lipinski definition) is 1. The summed E-state index contributed by atoms with van der Waals surface area (Å²) in [5.74, 6) is -0.576. The highest BCUT2D eigenvalue weighted by Crippen LogP contribution is 2.21. The predicted molar refractivity (Wildman–Crippen MR) is 70.7 cm³/mol. The number of nitrogens with two attached hydrogens (primary N) is 1. The number of ether oxygens (including phenoxy) is 1. The number of methoxy groups -OCH3 is 1. The van der Waals surface area contributed by atoms with Gasteiger partial charge in [-0.2, -0.15) is 0 Å². The number of esters is 1. The number of nitrogens with zero attached hydrogens (tertiary/aromatic N) is 2. The number of thiazole rings is 1. The lowest BCUT2D eigenvalue weighted by Gasteiger charge is -2.33. The third-order valence-electron chi connectivity index (χ3n) is 3.18. The van der Waals surface area contributed by atoms with E-state index in [1.54, 1.807) is 10.3 Å². The molecule has 0 aromatic carbocycles. The quantitative estimate of drug-likeness (QED) is 0.828. The van der Waals surface area contributed by atoms with Crippen molar-refractivity contribution in [2.24, 2.45) is 5.73 Å². The smallest absolute Gasteiger partial charge is 0.328 e. The van der Waals surface area contributed by atoms with Crippen molar-refractivity contribution >= 4 is 23.2 Å². The summed E-state index contributed by atoms with van der Waals surface area (Å²) in [6.07, 6.45) is 2.47. The van der Waals surface area contributed by atoms with Crippen LogP contribution in [0.3, 0.4) is 0 Å². The molecule has 1 atom stereocenters. The second-order valence-electron chi connectivity index (χ2n) is 4.36. The van der Waals surface area contributed by atoms with Crippen molar-refractivity contribution in [3.8, 4) is 0 Å². The van der Waals surface area contributed by atoms with E-state index in [1.165, 1.54) is 18.4 Å². The van der Waals surface area contributed by atoms with E-state index in [4.69, 9.17) is 10.5 Å². The van der Waals surface area contributed by atoms with Gasteiger partial charge in [0, 0.05) is 18.5 Å². The molecule has 2 N–H and O–H groups in total. The summed E-state index contributed by atoms with van der Waals surface area (Å²) in [5.41, 5.74) is 5.85. The third-order valence-corrected chi connectivity index (χ3v) is 4.05. The van der Waals surface area contributed by atoms with Crippen molar-refractivity contribution in [2.75, 3.05) is 13.7 Å². The Morgan fingerprint density at radius 3 is 3.00 bits per heavy atom. The van der Waals surface area contributed by atoms with Crippen molar-refractivity contribution < 1.29 is 14.3 Å². The molecule has 1 unspecified atom stereocenters. The van der Waals surface area contributed by atoms with E-state index in [2.05, 4.69) is 4.98 Å².